The van der Waals surface area contributed by atoms with E-state index >= 15 is 0 Å². The maximum absolute atomic E-state index is 12.6. The van der Waals surface area contributed by atoms with Crippen LogP contribution in [0.1, 0.15) is 41.6 Å². The number of piperidine rings is 1. The van der Waals surface area contributed by atoms with Crippen molar-refractivity contribution in [2.45, 2.75) is 60.5 Å². The molecule has 1 aromatic heterocycles. The summed E-state index contributed by atoms with van der Waals surface area (Å²) < 4.78 is 29.9. The first-order valence-electron chi connectivity index (χ1n) is 11.7. The molecule has 176 valence electrons. The van der Waals surface area contributed by atoms with Gasteiger partial charge in [-0.3, -0.25) is 9.69 Å². The molecule has 1 saturated carbocycles. The monoisotopic (exact) mass is 470 g/mol. The van der Waals surface area contributed by atoms with Gasteiger partial charge in [0.2, 0.25) is 0 Å². The number of methoxy groups -OCH3 is 1. The molecule has 1 saturated heterocycles. The molecular weight excluding hydrogens is 440 g/mol. The third kappa shape index (κ3) is 3.07. The van der Waals surface area contributed by atoms with Crippen LogP contribution in [0.4, 0.5) is 0 Å². The van der Waals surface area contributed by atoms with Crippen LogP contribution in [0.15, 0.2) is 34.0 Å². The Hall–Kier alpha value is -2.16. The van der Waals surface area contributed by atoms with Crippen molar-refractivity contribution in [1.82, 2.24) is 9.88 Å². The smallest absolute Gasteiger partial charge is 0.266 e. The molecule has 1 aromatic carbocycles. The van der Waals surface area contributed by atoms with Crippen molar-refractivity contribution in [2.24, 2.45) is 5.92 Å². The molecule has 7 nitrogen and oxygen atoms in total. The van der Waals surface area contributed by atoms with Crippen LogP contribution in [-0.4, -0.2) is 61.5 Å². The summed E-state index contributed by atoms with van der Waals surface area (Å²) in [7, 11) is -2.02. The summed E-state index contributed by atoms with van der Waals surface area (Å²) in [6.07, 6.45) is 5.89. The predicted octanol–water partition coefficient (Wildman–Crippen LogP) is 1.60. The number of ether oxygens (including phenoxy) is 1. The number of aliphatic hydroxyl groups is 1. The second kappa shape index (κ2) is 6.93. The Morgan fingerprint density at radius 1 is 1.21 bits per heavy atom. The lowest BCUT2D eigenvalue weighted by Crippen LogP contribution is -2.74. The fourth-order valence-corrected chi connectivity index (χ4v) is 7.50. The number of aromatic amines is 1. The van der Waals surface area contributed by atoms with Crippen LogP contribution in [0.3, 0.4) is 0 Å². The van der Waals surface area contributed by atoms with Crippen LogP contribution >= 0.6 is 0 Å². The molecule has 8 heteroatoms. The van der Waals surface area contributed by atoms with Crippen molar-refractivity contribution in [3.05, 3.63) is 57.0 Å². The number of hydrogen-bond acceptors (Lipinski definition) is 6. The Balaban J connectivity index is 1.55. The van der Waals surface area contributed by atoms with Crippen LogP contribution in [0, 0.1) is 5.92 Å². The van der Waals surface area contributed by atoms with Gasteiger partial charge in [-0.2, -0.15) is 0 Å². The van der Waals surface area contributed by atoms with Gasteiger partial charge in [0.25, 0.3) is 5.56 Å². The van der Waals surface area contributed by atoms with Gasteiger partial charge >= 0.3 is 0 Å². The van der Waals surface area contributed by atoms with Gasteiger partial charge in [-0.25, -0.2) is 8.42 Å². The van der Waals surface area contributed by atoms with E-state index in [0.717, 1.165) is 54.8 Å². The number of hydrogen-bond donors (Lipinski definition) is 2. The van der Waals surface area contributed by atoms with E-state index in [0.29, 0.717) is 18.8 Å². The van der Waals surface area contributed by atoms with Gasteiger partial charge < -0.3 is 14.8 Å². The third-order valence-electron chi connectivity index (χ3n) is 8.60. The molecule has 3 atom stereocenters. The molecule has 2 N–H and O–H groups in total. The van der Waals surface area contributed by atoms with E-state index in [2.05, 4.69) is 22.0 Å². The average Bonchev–Trinajstić information content (AvgIpc) is 3.57. The van der Waals surface area contributed by atoms with E-state index in [1.165, 1.54) is 24.5 Å². The minimum absolute atomic E-state index is 0.0468. The molecular formula is C25H30N2O5S. The zero-order valence-electron chi connectivity index (χ0n) is 19.1. The van der Waals surface area contributed by atoms with Crippen molar-refractivity contribution in [1.29, 1.82) is 0 Å². The average molecular weight is 471 g/mol. The largest absolute Gasteiger partial charge is 0.497 e. The molecule has 2 heterocycles. The van der Waals surface area contributed by atoms with Gasteiger partial charge in [0.15, 0.2) is 9.84 Å². The summed E-state index contributed by atoms with van der Waals surface area (Å²) >= 11 is 0. The number of aromatic nitrogens is 1. The summed E-state index contributed by atoms with van der Waals surface area (Å²) in [4.78, 5) is 17.8. The van der Waals surface area contributed by atoms with Crippen LogP contribution in [0.5, 0.6) is 5.75 Å². The number of benzene rings is 1. The van der Waals surface area contributed by atoms with Gasteiger partial charge in [0.1, 0.15) is 10.6 Å². The maximum atomic E-state index is 12.6. The Morgan fingerprint density at radius 2 is 2.00 bits per heavy atom. The fourth-order valence-electron chi connectivity index (χ4n) is 6.75. The lowest BCUT2D eigenvalue weighted by atomic mass is 9.49. The van der Waals surface area contributed by atoms with Gasteiger partial charge in [-0.05, 0) is 73.0 Å². The Labute approximate surface area is 193 Å². The number of likely N-dealkylation sites (tertiary alicyclic amines) is 1. The fraction of sp³-hybridized carbons (Fsp3) is 0.560. The van der Waals surface area contributed by atoms with Gasteiger partial charge in [-0.1, -0.05) is 6.07 Å². The van der Waals surface area contributed by atoms with Gasteiger partial charge in [0, 0.05) is 42.8 Å². The van der Waals surface area contributed by atoms with Crippen molar-refractivity contribution in [3.8, 4) is 5.75 Å². The summed E-state index contributed by atoms with van der Waals surface area (Å²) in [6, 6.07) is 7.61. The minimum Gasteiger partial charge on any atom is -0.497 e. The summed E-state index contributed by atoms with van der Waals surface area (Å²) in [5.74, 6) is 1.47. The lowest BCUT2D eigenvalue weighted by molar-refractivity contribution is -0.152. The lowest BCUT2D eigenvalue weighted by Gasteiger charge is -2.63. The molecule has 2 aromatic rings. The zero-order chi connectivity index (χ0) is 23.2. The number of nitrogens with zero attached hydrogens (tertiary/aromatic N) is 1. The van der Waals surface area contributed by atoms with Gasteiger partial charge in [-0.15, -0.1) is 0 Å². The zero-order valence-corrected chi connectivity index (χ0v) is 19.9. The Morgan fingerprint density at radius 3 is 2.70 bits per heavy atom. The number of rotatable bonds is 4. The Bertz CT molecular complexity index is 1310. The molecule has 0 spiro atoms. The predicted molar refractivity (Wildman–Crippen MR) is 124 cm³/mol. The molecule has 33 heavy (non-hydrogen) atoms. The number of H-pyrrole nitrogens is 1. The van der Waals surface area contributed by atoms with Crippen LogP contribution in [-0.2, 0) is 34.5 Å². The highest BCUT2D eigenvalue weighted by Gasteiger charge is 2.64. The first-order valence-corrected chi connectivity index (χ1v) is 13.6. The number of pyridine rings is 1. The molecule has 0 unspecified atom stereocenters. The Kier molecular flexibility index (Phi) is 4.49. The summed E-state index contributed by atoms with van der Waals surface area (Å²) in [5, 5.41) is 12.6. The van der Waals surface area contributed by atoms with E-state index in [4.69, 9.17) is 4.74 Å². The van der Waals surface area contributed by atoms with Crippen LogP contribution in [0.2, 0.25) is 0 Å². The molecule has 0 radical (unpaired) electrons. The molecule has 2 fully saturated rings. The number of sulfone groups is 1. The van der Waals surface area contributed by atoms with Crippen molar-refractivity contribution < 1.29 is 18.3 Å². The van der Waals surface area contributed by atoms with E-state index in [9.17, 15) is 18.3 Å². The normalized spacial score (nSPS) is 30.8. The third-order valence-corrected chi connectivity index (χ3v) is 9.70. The molecule has 6 rings (SSSR count). The molecule has 0 amide bonds. The van der Waals surface area contributed by atoms with Crippen LogP contribution < -0.4 is 10.3 Å². The molecule has 3 aliphatic carbocycles. The van der Waals surface area contributed by atoms with Crippen molar-refractivity contribution in [3.63, 3.8) is 0 Å². The van der Waals surface area contributed by atoms with E-state index in [1.807, 2.05) is 6.07 Å². The second-order valence-corrected chi connectivity index (χ2v) is 12.5. The van der Waals surface area contributed by atoms with Gasteiger partial charge in [0.05, 0.1) is 12.7 Å². The first kappa shape index (κ1) is 21.4. The molecule has 4 aliphatic rings. The van der Waals surface area contributed by atoms with Crippen LogP contribution in [0.25, 0.3) is 0 Å². The van der Waals surface area contributed by atoms with Crippen molar-refractivity contribution in [2.75, 3.05) is 26.5 Å². The summed E-state index contributed by atoms with van der Waals surface area (Å²) in [6.45, 7) is 1.91. The van der Waals surface area contributed by atoms with Crippen molar-refractivity contribution >= 4 is 9.84 Å². The highest BCUT2D eigenvalue weighted by molar-refractivity contribution is 7.90. The second-order valence-electron chi connectivity index (χ2n) is 10.5. The number of nitrogens with one attached hydrogen (secondary N) is 1. The minimum atomic E-state index is -3.66. The summed E-state index contributed by atoms with van der Waals surface area (Å²) in [5.41, 5.74) is 1.61. The highest BCUT2D eigenvalue weighted by Crippen LogP contribution is 2.57. The number of fused-ring (bicyclic) bond motifs is 2. The van der Waals surface area contributed by atoms with E-state index in [-0.39, 0.29) is 10.9 Å². The topological polar surface area (TPSA) is 99.7 Å². The quantitative estimate of drug-likeness (QED) is 0.704. The highest BCUT2D eigenvalue weighted by atomic mass is 32.2. The molecule has 1 aliphatic heterocycles. The SMILES string of the molecule is COc1ccc2c(c1)[C@]13CCN(CC4CC4)[C@H](C2)[C@]1(O)Cc1cc(S(C)(=O)=O)c(=O)[nH]c1C3. The first-order chi connectivity index (χ1) is 15.6. The molecule has 2 bridgehead atoms. The van der Waals surface area contributed by atoms with E-state index < -0.39 is 26.4 Å². The maximum Gasteiger partial charge on any atom is 0.266 e. The van der Waals surface area contributed by atoms with E-state index in [1.54, 1.807) is 7.11 Å². The standard InChI is InChI=1S/C25H30N2O5S/c1-32-18-6-5-16-10-22-25(29)12-17-9-21(33(2,30)31)23(28)26-20(17)13-24(25,19(16)11-18)7-8-27(22)14-15-3-4-15/h5-6,9,11,15,22,29H,3-4,7-8,10,12-14H2,1-2H3,(H,26,28)/t22-,24-,25-/m1/s1.